The summed E-state index contributed by atoms with van der Waals surface area (Å²) < 4.78 is 4.79. The molecule has 0 radical (unpaired) electrons. The second-order valence-electron chi connectivity index (χ2n) is 4.42. The van der Waals surface area contributed by atoms with Gasteiger partial charge >= 0.3 is 6.03 Å². The fraction of sp³-hybridized carbons (Fsp3) is 0.429. The van der Waals surface area contributed by atoms with Crippen molar-refractivity contribution >= 4 is 17.6 Å². The van der Waals surface area contributed by atoms with Crippen LogP contribution in [-0.2, 0) is 9.53 Å². The van der Waals surface area contributed by atoms with E-state index in [0.717, 1.165) is 16.8 Å². The molecule has 6 nitrogen and oxygen atoms in total. The van der Waals surface area contributed by atoms with Crippen LogP contribution in [0.5, 0.6) is 0 Å². The molecule has 0 aliphatic carbocycles. The monoisotopic (exact) mass is 279 g/mol. The summed E-state index contributed by atoms with van der Waals surface area (Å²) in [6.07, 6.45) is 0. The maximum absolute atomic E-state index is 11.6. The van der Waals surface area contributed by atoms with E-state index < -0.39 is 6.03 Å². The molecule has 6 heteroatoms. The fourth-order valence-electron chi connectivity index (χ4n) is 1.74. The molecule has 0 saturated heterocycles. The predicted octanol–water partition coefficient (Wildman–Crippen LogP) is 1.19. The number of urea groups is 1. The summed E-state index contributed by atoms with van der Waals surface area (Å²) in [5.41, 5.74) is 3.03. The third-order valence-electron chi connectivity index (χ3n) is 2.75. The number of hydrogen-bond donors (Lipinski definition) is 3. The van der Waals surface area contributed by atoms with Crippen molar-refractivity contribution in [3.05, 3.63) is 29.3 Å². The van der Waals surface area contributed by atoms with E-state index in [0.29, 0.717) is 13.2 Å². The van der Waals surface area contributed by atoms with Gasteiger partial charge in [-0.25, -0.2) is 4.79 Å². The van der Waals surface area contributed by atoms with Crippen LogP contribution in [0.3, 0.4) is 0 Å². The zero-order valence-corrected chi connectivity index (χ0v) is 12.1. The summed E-state index contributed by atoms with van der Waals surface area (Å²) in [6.45, 7) is 4.74. The van der Waals surface area contributed by atoms with Gasteiger partial charge in [0.15, 0.2) is 0 Å². The van der Waals surface area contributed by atoms with Crippen molar-refractivity contribution in [1.82, 2.24) is 10.6 Å². The Kier molecular flexibility index (Phi) is 6.52. The minimum Gasteiger partial charge on any atom is -0.383 e. The number of ether oxygens (including phenoxy) is 1. The van der Waals surface area contributed by atoms with E-state index in [2.05, 4.69) is 16.0 Å². The fourth-order valence-corrected chi connectivity index (χ4v) is 1.74. The number of hydrogen-bond acceptors (Lipinski definition) is 4. The molecule has 3 N–H and O–H groups in total. The minimum absolute atomic E-state index is 0.0450. The molecule has 1 aromatic rings. The lowest BCUT2D eigenvalue weighted by Crippen LogP contribution is -2.43. The summed E-state index contributed by atoms with van der Waals surface area (Å²) in [4.78, 5) is 23.0. The molecular weight excluding hydrogens is 258 g/mol. The number of imide groups is 1. The van der Waals surface area contributed by atoms with Gasteiger partial charge in [-0.3, -0.25) is 10.1 Å². The van der Waals surface area contributed by atoms with Crippen LogP contribution in [-0.4, -0.2) is 38.7 Å². The molecular formula is C14H21N3O3. The number of carbonyl (C=O) groups excluding carboxylic acids is 2. The van der Waals surface area contributed by atoms with Gasteiger partial charge in [-0.15, -0.1) is 0 Å². The van der Waals surface area contributed by atoms with Gasteiger partial charge < -0.3 is 15.4 Å². The van der Waals surface area contributed by atoms with Crippen molar-refractivity contribution in [3.8, 4) is 0 Å². The lowest BCUT2D eigenvalue weighted by Gasteiger charge is -2.12. The molecule has 0 aromatic heterocycles. The van der Waals surface area contributed by atoms with E-state index in [9.17, 15) is 9.59 Å². The number of para-hydroxylation sites is 1. The highest BCUT2D eigenvalue weighted by Gasteiger charge is 2.08. The smallest absolute Gasteiger partial charge is 0.321 e. The molecule has 0 spiro atoms. The molecule has 0 atom stereocenters. The van der Waals surface area contributed by atoms with Gasteiger partial charge in [-0.1, -0.05) is 18.2 Å². The Morgan fingerprint density at radius 1 is 1.20 bits per heavy atom. The molecule has 0 bridgehead atoms. The minimum atomic E-state index is -0.518. The van der Waals surface area contributed by atoms with E-state index in [1.165, 1.54) is 0 Å². The second kappa shape index (κ2) is 8.16. The van der Waals surface area contributed by atoms with Crippen LogP contribution in [0, 0.1) is 13.8 Å². The van der Waals surface area contributed by atoms with Gasteiger partial charge in [0.05, 0.1) is 13.2 Å². The van der Waals surface area contributed by atoms with E-state index in [-0.39, 0.29) is 12.5 Å². The van der Waals surface area contributed by atoms with Crippen molar-refractivity contribution in [2.45, 2.75) is 13.8 Å². The van der Waals surface area contributed by atoms with Gasteiger partial charge in [-0.05, 0) is 25.0 Å². The summed E-state index contributed by atoms with van der Waals surface area (Å²) >= 11 is 0. The molecule has 0 saturated carbocycles. The molecule has 0 aliphatic rings. The third-order valence-corrected chi connectivity index (χ3v) is 2.75. The molecule has 20 heavy (non-hydrogen) atoms. The first-order valence-electron chi connectivity index (χ1n) is 6.41. The predicted molar refractivity (Wildman–Crippen MR) is 77.8 cm³/mol. The number of carbonyl (C=O) groups is 2. The zero-order chi connectivity index (χ0) is 15.0. The maximum Gasteiger partial charge on any atom is 0.321 e. The third kappa shape index (κ3) is 5.27. The second-order valence-corrected chi connectivity index (χ2v) is 4.42. The number of methoxy groups -OCH3 is 1. The first-order chi connectivity index (χ1) is 9.54. The highest BCUT2D eigenvalue weighted by Crippen LogP contribution is 2.18. The summed E-state index contributed by atoms with van der Waals surface area (Å²) in [6, 6.07) is 5.37. The average Bonchev–Trinajstić information content (AvgIpc) is 2.38. The van der Waals surface area contributed by atoms with Crippen LogP contribution in [0.4, 0.5) is 10.5 Å². The van der Waals surface area contributed by atoms with E-state index >= 15 is 0 Å². The van der Waals surface area contributed by atoms with Crippen LogP contribution in [0.25, 0.3) is 0 Å². The molecule has 1 aromatic carbocycles. The number of benzene rings is 1. The number of anilines is 1. The van der Waals surface area contributed by atoms with E-state index in [1.807, 2.05) is 32.0 Å². The van der Waals surface area contributed by atoms with Gasteiger partial charge in [0.2, 0.25) is 5.91 Å². The quantitative estimate of drug-likeness (QED) is 0.683. The number of rotatable bonds is 6. The molecule has 0 fully saturated rings. The normalized spacial score (nSPS) is 9.95. The SMILES string of the molecule is COCCNC(=O)NC(=O)CNc1c(C)cccc1C. The lowest BCUT2D eigenvalue weighted by atomic mass is 10.1. The van der Waals surface area contributed by atoms with Crippen molar-refractivity contribution in [1.29, 1.82) is 0 Å². The Morgan fingerprint density at radius 3 is 2.45 bits per heavy atom. The molecule has 110 valence electrons. The van der Waals surface area contributed by atoms with Gasteiger partial charge in [0, 0.05) is 19.3 Å². The number of nitrogens with one attached hydrogen (secondary N) is 3. The largest absolute Gasteiger partial charge is 0.383 e. The van der Waals surface area contributed by atoms with Crippen molar-refractivity contribution in [3.63, 3.8) is 0 Å². The molecule has 3 amide bonds. The zero-order valence-electron chi connectivity index (χ0n) is 12.1. The van der Waals surface area contributed by atoms with Gasteiger partial charge in [0.1, 0.15) is 0 Å². The van der Waals surface area contributed by atoms with Crippen LogP contribution < -0.4 is 16.0 Å². The maximum atomic E-state index is 11.6. The van der Waals surface area contributed by atoms with E-state index in [1.54, 1.807) is 7.11 Å². The molecule has 0 aliphatic heterocycles. The van der Waals surface area contributed by atoms with Crippen LogP contribution in [0.2, 0.25) is 0 Å². The summed E-state index contributed by atoms with van der Waals surface area (Å²) in [7, 11) is 1.54. The van der Waals surface area contributed by atoms with Crippen molar-refractivity contribution in [2.75, 3.05) is 32.1 Å². The average molecular weight is 279 g/mol. The topological polar surface area (TPSA) is 79.5 Å². The lowest BCUT2D eigenvalue weighted by molar-refractivity contribution is -0.118. The Balaban J connectivity index is 2.38. The highest BCUT2D eigenvalue weighted by molar-refractivity contribution is 5.96. The van der Waals surface area contributed by atoms with Crippen molar-refractivity contribution < 1.29 is 14.3 Å². The van der Waals surface area contributed by atoms with Crippen LogP contribution in [0.15, 0.2) is 18.2 Å². The Morgan fingerprint density at radius 2 is 1.85 bits per heavy atom. The molecule has 0 heterocycles. The number of aryl methyl sites for hydroxylation is 2. The highest BCUT2D eigenvalue weighted by atomic mass is 16.5. The standard InChI is InChI=1S/C14H21N3O3/c1-10-5-4-6-11(2)13(10)16-9-12(18)17-14(19)15-7-8-20-3/h4-6,16H,7-9H2,1-3H3,(H2,15,17,18,19). The van der Waals surface area contributed by atoms with Crippen LogP contribution >= 0.6 is 0 Å². The Labute approximate surface area is 118 Å². The van der Waals surface area contributed by atoms with Gasteiger partial charge in [0.25, 0.3) is 0 Å². The molecule has 0 unspecified atom stereocenters. The number of amides is 3. The van der Waals surface area contributed by atoms with Crippen LogP contribution in [0.1, 0.15) is 11.1 Å². The first-order valence-corrected chi connectivity index (χ1v) is 6.41. The first kappa shape index (κ1) is 16.0. The Bertz CT molecular complexity index is 454. The summed E-state index contributed by atoms with van der Waals surface area (Å²) in [5.74, 6) is -0.387. The molecule has 1 rings (SSSR count). The van der Waals surface area contributed by atoms with Gasteiger partial charge in [-0.2, -0.15) is 0 Å². The Hall–Kier alpha value is -2.08. The van der Waals surface area contributed by atoms with Crippen molar-refractivity contribution in [2.24, 2.45) is 0 Å². The van der Waals surface area contributed by atoms with E-state index in [4.69, 9.17) is 4.74 Å². The summed E-state index contributed by atoms with van der Waals surface area (Å²) in [5, 5.41) is 7.79.